The predicted molar refractivity (Wildman–Crippen MR) is 53.6 cm³/mol. The fourth-order valence-electron chi connectivity index (χ4n) is 1.36. The van der Waals surface area contributed by atoms with Crippen molar-refractivity contribution in [2.24, 2.45) is 0 Å². The molecule has 0 heterocycles. The number of unbranched alkanes of at least 4 members (excludes halogenated alkanes) is 2. The topological polar surface area (TPSA) is 57.2 Å². The number of hydrogen-bond donors (Lipinski definition) is 0. The smallest absolute Gasteiger partial charge is 0.743 e. The van der Waals surface area contributed by atoms with Crippen LogP contribution in [0, 0.1) is 0 Å². The van der Waals surface area contributed by atoms with Gasteiger partial charge >= 0.3 is 68.7 Å². The van der Waals surface area contributed by atoms with E-state index in [1.165, 1.54) is 0 Å². The van der Waals surface area contributed by atoms with Crippen LogP contribution in [0.5, 0.6) is 0 Å². The molecule has 0 aromatic heterocycles. The molecule has 0 N–H and O–H groups in total. The van der Waals surface area contributed by atoms with Crippen LogP contribution in [0.1, 0.15) is 32.1 Å². The summed E-state index contributed by atoms with van der Waals surface area (Å²) < 4.78 is 129. The third kappa shape index (κ3) is 7.26. The van der Waals surface area contributed by atoms with E-state index in [-0.39, 0.29) is 57.8 Å². The van der Waals surface area contributed by atoms with Gasteiger partial charge in [-0.25, -0.2) is 12.8 Å². The van der Waals surface area contributed by atoms with Gasteiger partial charge < -0.3 is 4.55 Å². The Morgan fingerprint density at radius 3 is 1.73 bits per heavy atom. The van der Waals surface area contributed by atoms with Gasteiger partial charge in [0.1, 0.15) is 0 Å². The average molecular weight is 390 g/mol. The van der Waals surface area contributed by atoms with Gasteiger partial charge in [-0.2, -0.15) is 30.7 Å². The SMILES string of the molecule is O=S(=O)([O-])C(F)(F)C(F)(F)C(F)CCCCCC(F)(F)F.[K+]. The largest absolute Gasteiger partial charge is 1.00 e. The number of alkyl halides is 8. The molecule has 128 valence electrons. The molecule has 1 unspecified atom stereocenters. The molecule has 3 nitrogen and oxygen atoms in total. The second-order valence-electron chi connectivity index (χ2n) is 4.28. The summed E-state index contributed by atoms with van der Waals surface area (Å²) in [5.74, 6) is -5.75. The van der Waals surface area contributed by atoms with Crippen molar-refractivity contribution in [1.82, 2.24) is 0 Å². The maximum Gasteiger partial charge on any atom is 1.00 e. The molecule has 0 bridgehead atoms. The molecule has 0 aliphatic rings. The van der Waals surface area contributed by atoms with Crippen LogP contribution >= 0.6 is 0 Å². The maximum atomic E-state index is 13.0. The van der Waals surface area contributed by atoms with Crippen molar-refractivity contribution in [3.05, 3.63) is 0 Å². The van der Waals surface area contributed by atoms with Crippen LogP contribution in [-0.2, 0) is 10.1 Å². The minimum absolute atomic E-state index is 0. The van der Waals surface area contributed by atoms with E-state index in [2.05, 4.69) is 0 Å². The molecule has 0 amide bonds. The Bertz CT molecular complexity index is 437. The van der Waals surface area contributed by atoms with E-state index in [0.717, 1.165) is 0 Å². The molecule has 0 aliphatic carbocycles. The van der Waals surface area contributed by atoms with Crippen molar-refractivity contribution < 1.29 is 99.5 Å². The molecule has 0 radical (unpaired) electrons. The van der Waals surface area contributed by atoms with Gasteiger partial charge in [-0.3, -0.25) is 0 Å². The van der Waals surface area contributed by atoms with Crippen molar-refractivity contribution in [1.29, 1.82) is 0 Å². The molecule has 0 rings (SSSR count). The molecule has 0 aromatic rings. The van der Waals surface area contributed by atoms with Gasteiger partial charge in [-0.1, -0.05) is 12.8 Å². The van der Waals surface area contributed by atoms with E-state index < -0.39 is 59.3 Å². The van der Waals surface area contributed by atoms with Gasteiger partial charge in [0.15, 0.2) is 16.3 Å². The summed E-state index contributed by atoms with van der Waals surface area (Å²) in [5.41, 5.74) is 0. The summed E-state index contributed by atoms with van der Waals surface area (Å²) in [6, 6.07) is 0. The Morgan fingerprint density at radius 2 is 1.36 bits per heavy atom. The molecule has 22 heavy (non-hydrogen) atoms. The third-order valence-corrected chi connectivity index (χ3v) is 3.41. The van der Waals surface area contributed by atoms with Gasteiger partial charge in [0.2, 0.25) is 0 Å². The summed E-state index contributed by atoms with van der Waals surface area (Å²) in [4.78, 5) is 0. The zero-order valence-electron chi connectivity index (χ0n) is 11.3. The predicted octanol–water partition coefficient (Wildman–Crippen LogP) is 0.615. The minimum atomic E-state index is -6.78. The van der Waals surface area contributed by atoms with E-state index in [1.807, 2.05) is 0 Å². The standard InChI is InChI=1S/C9H12F8O3S.K/c10-6(4-2-1-3-5-7(11,12)13)8(14,15)9(16,17)21(18,19)20;/h6H,1-5H2,(H,18,19,20);/q;+1/p-1. The molecular weight excluding hydrogens is 379 g/mol. The third-order valence-electron chi connectivity index (χ3n) is 2.51. The summed E-state index contributed by atoms with van der Waals surface area (Å²) in [6.45, 7) is 0. The number of hydrogen-bond acceptors (Lipinski definition) is 3. The van der Waals surface area contributed by atoms with Crippen LogP contribution in [0.15, 0.2) is 0 Å². The second-order valence-corrected chi connectivity index (χ2v) is 5.70. The fourth-order valence-corrected chi connectivity index (χ4v) is 1.82. The van der Waals surface area contributed by atoms with Gasteiger partial charge in [0.05, 0.1) is 0 Å². The van der Waals surface area contributed by atoms with Crippen LogP contribution in [0.2, 0.25) is 0 Å². The Balaban J connectivity index is 0. The molecule has 1 atom stereocenters. The first kappa shape index (κ1) is 25.2. The van der Waals surface area contributed by atoms with E-state index in [4.69, 9.17) is 0 Å². The van der Waals surface area contributed by atoms with Gasteiger partial charge in [0.25, 0.3) is 0 Å². The summed E-state index contributed by atoms with van der Waals surface area (Å²) in [6.07, 6.45) is -12.2. The minimum Gasteiger partial charge on any atom is -0.743 e. The Hall–Kier alpha value is 0.986. The molecule has 0 saturated carbocycles. The van der Waals surface area contributed by atoms with E-state index in [1.54, 1.807) is 0 Å². The summed E-state index contributed by atoms with van der Waals surface area (Å²) >= 11 is 0. The van der Waals surface area contributed by atoms with Crippen LogP contribution in [0.4, 0.5) is 35.1 Å². The molecular formula is C9H11F8KO3S. The van der Waals surface area contributed by atoms with E-state index in [9.17, 15) is 48.1 Å². The van der Waals surface area contributed by atoms with Crippen LogP contribution < -0.4 is 51.4 Å². The Labute approximate surface area is 164 Å². The van der Waals surface area contributed by atoms with Crippen molar-refractivity contribution in [2.75, 3.05) is 0 Å². The quantitative estimate of drug-likeness (QED) is 0.264. The normalized spacial score (nSPS) is 15.3. The van der Waals surface area contributed by atoms with E-state index >= 15 is 0 Å². The first-order valence-electron chi connectivity index (χ1n) is 5.55. The molecule has 0 fully saturated rings. The van der Waals surface area contributed by atoms with Crippen molar-refractivity contribution in [3.8, 4) is 0 Å². The van der Waals surface area contributed by atoms with E-state index in [0.29, 0.717) is 0 Å². The van der Waals surface area contributed by atoms with Crippen molar-refractivity contribution in [3.63, 3.8) is 0 Å². The van der Waals surface area contributed by atoms with Gasteiger partial charge in [-0.15, -0.1) is 0 Å². The second kappa shape index (κ2) is 8.90. The molecule has 0 aliphatic heterocycles. The molecule has 0 aromatic carbocycles. The first-order valence-corrected chi connectivity index (χ1v) is 6.95. The monoisotopic (exact) mass is 390 g/mol. The van der Waals surface area contributed by atoms with Crippen LogP contribution in [-0.4, -0.2) is 36.5 Å². The Morgan fingerprint density at radius 1 is 0.909 bits per heavy atom. The summed E-state index contributed by atoms with van der Waals surface area (Å²) in [5, 5.41) is -6.13. The zero-order chi connectivity index (χ0) is 17.1. The van der Waals surface area contributed by atoms with Gasteiger partial charge in [-0.05, 0) is 12.8 Å². The molecule has 0 saturated heterocycles. The fraction of sp³-hybridized carbons (Fsp3) is 1.00. The number of halogens is 8. The van der Waals surface area contributed by atoms with Gasteiger partial charge in [0, 0.05) is 6.42 Å². The number of rotatable bonds is 8. The first-order chi connectivity index (χ1) is 9.13. The Kier molecular flexibility index (Phi) is 10.2. The van der Waals surface area contributed by atoms with Crippen LogP contribution in [0.25, 0.3) is 0 Å². The molecule has 13 heteroatoms. The van der Waals surface area contributed by atoms with Crippen molar-refractivity contribution >= 4 is 10.1 Å². The average Bonchev–Trinajstić information content (AvgIpc) is 2.24. The summed E-state index contributed by atoms with van der Waals surface area (Å²) in [7, 11) is -6.78. The zero-order valence-corrected chi connectivity index (χ0v) is 15.2. The van der Waals surface area contributed by atoms with Crippen LogP contribution in [0.3, 0.4) is 0 Å². The molecule has 0 spiro atoms. The van der Waals surface area contributed by atoms with Crippen molar-refractivity contribution in [2.45, 2.75) is 55.6 Å². The maximum absolute atomic E-state index is 13.0.